The van der Waals surface area contributed by atoms with E-state index in [2.05, 4.69) is 32.6 Å². The SMILES string of the molecule is O=S(=O)(NCCOC1CCNCC1)c1ccc(I)cc1. The number of benzene rings is 1. The molecule has 1 fully saturated rings. The molecule has 0 aromatic heterocycles. The van der Waals surface area contributed by atoms with Gasteiger partial charge in [0.2, 0.25) is 10.0 Å². The van der Waals surface area contributed by atoms with E-state index in [1.165, 1.54) is 0 Å². The van der Waals surface area contributed by atoms with Gasteiger partial charge >= 0.3 is 0 Å². The molecule has 0 spiro atoms. The second-order valence-corrected chi connectivity index (χ2v) is 7.68. The Kier molecular flexibility index (Phi) is 6.21. The second kappa shape index (κ2) is 7.69. The van der Waals surface area contributed by atoms with E-state index < -0.39 is 10.0 Å². The van der Waals surface area contributed by atoms with Gasteiger partial charge in [0.25, 0.3) is 0 Å². The fraction of sp³-hybridized carbons (Fsp3) is 0.538. The van der Waals surface area contributed by atoms with E-state index in [9.17, 15) is 8.42 Å². The molecule has 0 unspecified atom stereocenters. The summed E-state index contributed by atoms with van der Waals surface area (Å²) in [6.45, 7) is 2.66. The standard InChI is InChI=1S/C13H19IN2O3S/c14-11-1-3-13(4-2-11)20(17,18)16-9-10-19-12-5-7-15-8-6-12/h1-4,12,15-16H,5-10H2. The number of hydrogen-bond acceptors (Lipinski definition) is 4. The highest BCUT2D eigenvalue weighted by atomic mass is 127. The second-order valence-electron chi connectivity index (χ2n) is 4.67. The topological polar surface area (TPSA) is 67.4 Å². The van der Waals surface area contributed by atoms with Crippen LogP contribution in [0.5, 0.6) is 0 Å². The van der Waals surface area contributed by atoms with Crippen molar-refractivity contribution in [2.24, 2.45) is 0 Å². The number of piperidine rings is 1. The Morgan fingerprint density at radius 2 is 1.90 bits per heavy atom. The molecule has 0 atom stereocenters. The quantitative estimate of drug-likeness (QED) is 0.549. The molecular formula is C13H19IN2O3S. The number of ether oxygens (including phenoxy) is 1. The van der Waals surface area contributed by atoms with E-state index in [0.29, 0.717) is 18.0 Å². The number of sulfonamides is 1. The lowest BCUT2D eigenvalue weighted by atomic mass is 10.1. The molecule has 1 saturated heterocycles. The Balaban J connectivity index is 1.76. The molecule has 1 aromatic carbocycles. The Hall–Kier alpha value is -0.220. The smallest absolute Gasteiger partial charge is 0.240 e. The average Bonchev–Trinajstić information content (AvgIpc) is 2.45. The predicted octanol–water partition coefficient (Wildman–Crippen LogP) is 1.34. The summed E-state index contributed by atoms with van der Waals surface area (Å²) in [6, 6.07) is 6.77. The van der Waals surface area contributed by atoms with Gasteiger partial charge in [-0.3, -0.25) is 0 Å². The fourth-order valence-corrected chi connectivity index (χ4v) is 3.43. The lowest BCUT2D eigenvalue weighted by Gasteiger charge is -2.22. The minimum absolute atomic E-state index is 0.249. The molecule has 1 aliphatic rings. The highest BCUT2D eigenvalue weighted by Gasteiger charge is 2.15. The molecule has 1 heterocycles. The highest BCUT2D eigenvalue weighted by Crippen LogP contribution is 2.12. The van der Waals surface area contributed by atoms with Crippen LogP contribution in [0.4, 0.5) is 0 Å². The van der Waals surface area contributed by atoms with Gasteiger partial charge in [-0.2, -0.15) is 0 Å². The van der Waals surface area contributed by atoms with Gasteiger partial charge < -0.3 is 10.1 Å². The van der Waals surface area contributed by atoms with Crippen molar-refractivity contribution in [1.82, 2.24) is 10.0 Å². The molecule has 7 heteroatoms. The van der Waals surface area contributed by atoms with Crippen molar-refractivity contribution in [3.05, 3.63) is 27.8 Å². The largest absolute Gasteiger partial charge is 0.377 e. The first-order chi connectivity index (χ1) is 9.58. The fourth-order valence-electron chi connectivity index (χ4n) is 2.06. The first kappa shape index (κ1) is 16.2. The van der Waals surface area contributed by atoms with Crippen LogP contribution >= 0.6 is 22.6 Å². The maximum atomic E-state index is 12.0. The molecule has 1 aliphatic heterocycles. The van der Waals surface area contributed by atoms with E-state index in [0.717, 1.165) is 29.5 Å². The highest BCUT2D eigenvalue weighted by molar-refractivity contribution is 14.1. The van der Waals surface area contributed by atoms with Crippen LogP contribution in [-0.2, 0) is 14.8 Å². The zero-order valence-corrected chi connectivity index (χ0v) is 14.1. The summed E-state index contributed by atoms with van der Waals surface area (Å²) in [5.41, 5.74) is 0. The van der Waals surface area contributed by atoms with Crippen molar-refractivity contribution in [2.45, 2.75) is 23.8 Å². The third-order valence-corrected chi connectivity index (χ3v) is 5.35. The van der Waals surface area contributed by atoms with E-state index in [-0.39, 0.29) is 6.10 Å². The van der Waals surface area contributed by atoms with Crippen LogP contribution in [0.25, 0.3) is 0 Å². The lowest BCUT2D eigenvalue weighted by molar-refractivity contribution is 0.0367. The minimum atomic E-state index is -3.43. The predicted molar refractivity (Wildman–Crippen MR) is 86.2 cm³/mol. The average molecular weight is 410 g/mol. The maximum absolute atomic E-state index is 12.0. The third-order valence-electron chi connectivity index (χ3n) is 3.16. The molecule has 1 aromatic rings. The van der Waals surface area contributed by atoms with Crippen LogP contribution in [0.2, 0.25) is 0 Å². The maximum Gasteiger partial charge on any atom is 0.240 e. The number of rotatable bonds is 6. The molecule has 20 heavy (non-hydrogen) atoms. The molecular weight excluding hydrogens is 391 g/mol. The molecule has 2 N–H and O–H groups in total. The molecule has 112 valence electrons. The van der Waals surface area contributed by atoms with Crippen molar-refractivity contribution >= 4 is 32.6 Å². The van der Waals surface area contributed by atoms with Gasteiger partial charge in [0.1, 0.15) is 0 Å². The van der Waals surface area contributed by atoms with E-state index in [1.807, 2.05) is 0 Å². The monoisotopic (exact) mass is 410 g/mol. The van der Waals surface area contributed by atoms with Gasteiger partial charge in [-0.1, -0.05) is 0 Å². The molecule has 2 rings (SSSR count). The lowest BCUT2D eigenvalue weighted by Crippen LogP contribution is -2.34. The molecule has 5 nitrogen and oxygen atoms in total. The van der Waals surface area contributed by atoms with Crippen molar-refractivity contribution in [3.63, 3.8) is 0 Å². The summed E-state index contributed by atoms with van der Waals surface area (Å²) in [4.78, 5) is 0.291. The van der Waals surface area contributed by atoms with Crippen LogP contribution in [0, 0.1) is 3.57 Å². The Morgan fingerprint density at radius 1 is 1.25 bits per heavy atom. The van der Waals surface area contributed by atoms with Gasteiger partial charge in [-0.15, -0.1) is 0 Å². The van der Waals surface area contributed by atoms with Gasteiger partial charge in [-0.05, 0) is 72.8 Å². The van der Waals surface area contributed by atoms with Crippen molar-refractivity contribution in [2.75, 3.05) is 26.2 Å². The van der Waals surface area contributed by atoms with Gasteiger partial charge in [-0.25, -0.2) is 13.1 Å². The number of halogens is 1. The summed E-state index contributed by atoms with van der Waals surface area (Å²) in [5, 5.41) is 3.26. The van der Waals surface area contributed by atoms with Crippen LogP contribution in [0.3, 0.4) is 0 Å². The molecule has 0 radical (unpaired) electrons. The summed E-state index contributed by atoms with van der Waals surface area (Å²) < 4.78 is 33.3. The molecule has 0 saturated carbocycles. The van der Waals surface area contributed by atoms with Crippen LogP contribution < -0.4 is 10.0 Å². The van der Waals surface area contributed by atoms with Crippen LogP contribution in [0.1, 0.15) is 12.8 Å². The Labute approximate surface area is 133 Å². The molecule has 0 amide bonds. The summed E-state index contributed by atoms with van der Waals surface area (Å²) >= 11 is 2.14. The van der Waals surface area contributed by atoms with Gasteiger partial charge in [0.15, 0.2) is 0 Å². The van der Waals surface area contributed by atoms with E-state index in [1.54, 1.807) is 24.3 Å². The number of nitrogens with one attached hydrogen (secondary N) is 2. The van der Waals surface area contributed by atoms with Gasteiger partial charge in [0.05, 0.1) is 17.6 Å². The molecule has 0 aliphatic carbocycles. The summed E-state index contributed by atoms with van der Waals surface area (Å²) in [7, 11) is -3.43. The van der Waals surface area contributed by atoms with Gasteiger partial charge in [0, 0.05) is 10.1 Å². The summed E-state index contributed by atoms with van der Waals surface area (Å²) in [5.74, 6) is 0. The zero-order chi connectivity index (χ0) is 14.4. The van der Waals surface area contributed by atoms with E-state index in [4.69, 9.17) is 4.74 Å². The van der Waals surface area contributed by atoms with E-state index >= 15 is 0 Å². The number of hydrogen-bond donors (Lipinski definition) is 2. The summed E-state index contributed by atoms with van der Waals surface area (Å²) in [6.07, 6.45) is 2.23. The third kappa shape index (κ3) is 4.96. The normalized spacial score (nSPS) is 17.2. The first-order valence-electron chi connectivity index (χ1n) is 6.65. The van der Waals surface area contributed by atoms with Crippen LogP contribution in [-0.4, -0.2) is 40.8 Å². The Bertz CT molecular complexity index is 513. The van der Waals surface area contributed by atoms with Crippen molar-refractivity contribution in [3.8, 4) is 0 Å². The van der Waals surface area contributed by atoms with Crippen LogP contribution in [0.15, 0.2) is 29.2 Å². The Morgan fingerprint density at radius 3 is 2.55 bits per heavy atom. The molecule has 0 bridgehead atoms. The first-order valence-corrected chi connectivity index (χ1v) is 9.22. The zero-order valence-electron chi connectivity index (χ0n) is 11.1. The minimum Gasteiger partial charge on any atom is -0.377 e. The van der Waals surface area contributed by atoms with Crippen molar-refractivity contribution < 1.29 is 13.2 Å². The van der Waals surface area contributed by atoms with Crippen molar-refractivity contribution in [1.29, 1.82) is 0 Å².